The van der Waals surface area contributed by atoms with Gasteiger partial charge in [-0.3, -0.25) is 4.99 Å². The molecule has 82 valence electrons. The third-order valence-corrected chi connectivity index (χ3v) is 2.26. The summed E-state index contributed by atoms with van der Waals surface area (Å²) in [7, 11) is 3.19. The summed E-state index contributed by atoms with van der Waals surface area (Å²) in [6.07, 6.45) is 0. The zero-order chi connectivity index (χ0) is 11.3. The van der Waals surface area contributed by atoms with E-state index in [2.05, 4.69) is 4.99 Å². The van der Waals surface area contributed by atoms with Gasteiger partial charge in [0.15, 0.2) is 11.5 Å². The lowest BCUT2D eigenvalue weighted by molar-refractivity contribution is 0.355. The van der Waals surface area contributed by atoms with Gasteiger partial charge in [-0.15, -0.1) is 0 Å². The average Bonchev–Trinajstić information content (AvgIpc) is 2.28. The second kappa shape index (κ2) is 5.61. The average molecular weight is 228 g/mol. The van der Waals surface area contributed by atoms with E-state index in [1.165, 1.54) is 0 Å². The zero-order valence-electron chi connectivity index (χ0n) is 9.08. The fraction of sp³-hybridized carbons (Fsp3) is 0.364. The second-order valence-electron chi connectivity index (χ2n) is 2.83. The molecular formula is C11H14ClNO2. The molecule has 0 aliphatic heterocycles. The molecular weight excluding hydrogens is 214 g/mol. The quantitative estimate of drug-likeness (QED) is 0.741. The first-order valence-electron chi connectivity index (χ1n) is 4.65. The number of methoxy groups -OCH3 is 2. The van der Waals surface area contributed by atoms with Gasteiger partial charge in [0.05, 0.1) is 14.2 Å². The van der Waals surface area contributed by atoms with E-state index < -0.39 is 0 Å². The van der Waals surface area contributed by atoms with Crippen molar-refractivity contribution in [2.24, 2.45) is 4.99 Å². The van der Waals surface area contributed by atoms with E-state index in [9.17, 15) is 0 Å². The van der Waals surface area contributed by atoms with Gasteiger partial charge in [-0.05, 0) is 25.1 Å². The van der Waals surface area contributed by atoms with E-state index in [4.69, 9.17) is 21.1 Å². The van der Waals surface area contributed by atoms with Gasteiger partial charge in [0.1, 0.15) is 5.17 Å². The third kappa shape index (κ3) is 2.86. The minimum Gasteiger partial charge on any atom is -0.493 e. The summed E-state index contributed by atoms with van der Waals surface area (Å²) in [6, 6.07) is 5.46. The Kier molecular flexibility index (Phi) is 4.43. The minimum absolute atomic E-state index is 0.485. The first kappa shape index (κ1) is 11.9. The van der Waals surface area contributed by atoms with Crippen LogP contribution in [-0.2, 0) is 0 Å². The summed E-state index contributed by atoms with van der Waals surface area (Å²) >= 11 is 5.98. The highest BCUT2D eigenvalue weighted by atomic mass is 35.5. The Bertz CT molecular complexity index is 364. The molecule has 0 saturated heterocycles. The molecule has 0 N–H and O–H groups in total. The summed E-state index contributed by atoms with van der Waals surface area (Å²) in [5, 5.41) is 0.485. The van der Waals surface area contributed by atoms with Crippen molar-refractivity contribution < 1.29 is 9.47 Å². The molecule has 3 nitrogen and oxygen atoms in total. The van der Waals surface area contributed by atoms with Crippen molar-refractivity contribution in [3.8, 4) is 11.5 Å². The largest absolute Gasteiger partial charge is 0.493 e. The van der Waals surface area contributed by atoms with Crippen molar-refractivity contribution >= 4 is 16.8 Å². The number of benzene rings is 1. The Hall–Kier alpha value is -1.22. The molecule has 0 spiro atoms. The summed E-state index contributed by atoms with van der Waals surface area (Å²) in [4.78, 5) is 4.11. The van der Waals surface area contributed by atoms with Crippen molar-refractivity contribution in [3.05, 3.63) is 23.8 Å². The lowest BCUT2D eigenvalue weighted by Gasteiger charge is -2.08. The van der Waals surface area contributed by atoms with Crippen molar-refractivity contribution in [2.45, 2.75) is 6.92 Å². The highest BCUT2D eigenvalue weighted by molar-refractivity contribution is 6.69. The van der Waals surface area contributed by atoms with E-state index in [1.807, 2.05) is 19.1 Å². The van der Waals surface area contributed by atoms with Crippen molar-refractivity contribution in [1.29, 1.82) is 0 Å². The Morgan fingerprint density at radius 1 is 1.27 bits per heavy atom. The van der Waals surface area contributed by atoms with Gasteiger partial charge >= 0.3 is 0 Å². The van der Waals surface area contributed by atoms with Gasteiger partial charge in [0, 0.05) is 12.1 Å². The Morgan fingerprint density at radius 2 is 1.93 bits per heavy atom. The minimum atomic E-state index is 0.485. The molecule has 0 fully saturated rings. The molecule has 1 aromatic rings. The van der Waals surface area contributed by atoms with Crippen LogP contribution in [0.5, 0.6) is 11.5 Å². The van der Waals surface area contributed by atoms with Crippen molar-refractivity contribution in [3.63, 3.8) is 0 Å². The molecule has 0 saturated carbocycles. The first-order chi connectivity index (χ1) is 7.22. The summed E-state index contributed by atoms with van der Waals surface area (Å²) < 4.78 is 10.3. The lowest BCUT2D eigenvalue weighted by Crippen LogP contribution is -1.96. The molecule has 4 heteroatoms. The SMILES string of the molecule is CCN=C(Cl)c1ccc(OC)c(OC)c1. The van der Waals surface area contributed by atoms with Crippen LogP contribution in [0.25, 0.3) is 0 Å². The number of rotatable bonds is 4. The topological polar surface area (TPSA) is 30.8 Å². The van der Waals surface area contributed by atoms with Crippen LogP contribution in [0.3, 0.4) is 0 Å². The van der Waals surface area contributed by atoms with Crippen LogP contribution in [0.2, 0.25) is 0 Å². The highest BCUT2D eigenvalue weighted by Gasteiger charge is 2.06. The molecule has 0 aliphatic rings. The maximum Gasteiger partial charge on any atom is 0.161 e. The highest BCUT2D eigenvalue weighted by Crippen LogP contribution is 2.28. The predicted molar refractivity (Wildman–Crippen MR) is 62.5 cm³/mol. The van der Waals surface area contributed by atoms with Crippen molar-refractivity contribution in [2.75, 3.05) is 20.8 Å². The molecule has 0 aromatic heterocycles. The third-order valence-electron chi connectivity index (χ3n) is 1.92. The van der Waals surface area contributed by atoms with Crippen LogP contribution >= 0.6 is 11.6 Å². The fourth-order valence-corrected chi connectivity index (χ4v) is 1.43. The maximum atomic E-state index is 5.98. The van der Waals surface area contributed by atoms with Gasteiger partial charge < -0.3 is 9.47 Å². The van der Waals surface area contributed by atoms with E-state index >= 15 is 0 Å². The first-order valence-corrected chi connectivity index (χ1v) is 5.03. The Labute approximate surface area is 94.7 Å². The van der Waals surface area contributed by atoms with E-state index in [-0.39, 0.29) is 0 Å². The standard InChI is InChI=1S/C11H14ClNO2/c1-4-13-11(12)8-5-6-9(14-2)10(7-8)15-3/h5-7H,4H2,1-3H3. The molecule has 15 heavy (non-hydrogen) atoms. The van der Waals surface area contributed by atoms with E-state index in [0.29, 0.717) is 23.2 Å². The molecule has 0 amide bonds. The number of hydrogen-bond acceptors (Lipinski definition) is 3. The van der Waals surface area contributed by atoms with E-state index in [0.717, 1.165) is 5.56 Å². The molecule has 0 unspecified atom stereocenters. The van der Waals surface area contributed by atoms with Crippen LogP contribution < -0.4 is 9.47 Å². The van der Waals surface area contributed by atoms with Gasteiger partial charge in [-0.25, -0.2) is 0 Å². The van der Waals surface area contributed by atoms with Crippen LogP contribution in [0.1, 0.15) is 12.5 Å². The van der Waals surface area contributed by atoms with Crippen LogP contribution in [0.4, 0.5) is 0 Å². The number of ether oxygens (including phenoxy) is 2. The van der Waals surface area contributed by atoms with Gasteiger partial charge in [0.2, 0.25) is 0 Å². The lowest BCUT2D eigenvalue weighted by atomic mass is 10.2. The number of nitrogens with zero attached hydrogens (tertiary/aromatic N) is 1. The maximum absolute atomic E-state index is 5.98. The number of halogens is 1. The number of aliphatic imine (C=N–C) groups is 1. The normalized spacial score (nSPS) is 11.3. The Balaban J connectivity index is 3.08. The molecule has 0 atom stereocenters. The molecule has 1 aromatic carbocycles. The number of hydrogen-bond donors (Lipinski definition) is 0. The Morgan fingerprint density at radius 3 is 2.47 bits per heavy atom. The van der Waals surface area contributed by atoms with E-state index in [1.54, 1.807) is 20.3 Å². The zero-order valence-corrected chi connectivity index (χ0v) is 9.84. The summed E-state index contributed by atoms with van der Waals surface area (Å²) in [5.74, 6) is 1.33. The molecule has 0 bridgehead atoms. The molecule has 0 aliphatic carbocycles. The fourth-order valence-electron chi connectivity index (χ4n) is 1.19. The van der Waals surface area contributed by atoms with Crippen LogP contribution in [0, 0.1) is 0 Å². The van der Waals surface area contributed by atoms with Gasteiger partial charge in [0.25, 0.3) is 0 Å². The monoisotopic (exact) mass is 227 g/mol. The van der Waals surface area contributed by atoms with Crippen molar-refractivity contribution in [1.82, 2.24) is 0 Å². The van der Waals surface area contributed by atoms with Crippen LogP contribution in [0.15, 0.2) is 23.2 Å². The molecule has 0 radical (unpaired) electrons. The van der Waals surface area contributed by atoms with Crippen LogP contribution in [-0.4, -0.2) is 25.9 Å². The van der Waals surface area contributed by atoms with Gasteiger partial charge in [-0.2, -0.15) is 0 Å². The smallest absolute Gasteiger partial charge is 0.161 e. The predicted octanol–water partition coefficient (Wildman–Crippen LogP) is 2.71. The summed E-state index contributed by atoms with van der Waals surface area (Å²) in [5.41, 5.74) is 0.830. The molecule has 0 heterocycles. The second-order valence-corrected chi connectivity index (χ2v) is 3.19. The summed E-state index contributed by atoms with van der Waals surface area (Å²) in [6.45, 7) is 2.59. The van der Waals surface area contributed by atoms with Gasteiger partial charge in [-0.1, -0.05) is 11.6 Å². The molecule has 1 rings (SSSR count).